The highest BCUT2D eigenvalue weighted by Crippen LogP contribution is 2.19. The van der Waals surface area contributed by atoms with E-state index in [-0.39, 0.29) is 6.10 Å². The first-order chi connectivity index (χ1) is 6.29. The van der Waals surface area contributed by atoms with E-state index in [2.05, 4.69) is 6.92 Å². The van der Waals surface area contributed by atoms with Gasteiger partial charge in [-0.1, -0.05) is 13.3 Å². The molecule has 1 N–H and O–H groups in total. The van der Waals surface area contributed by atoms with Crippen LogP contribution in [0.25, 0.3) is 0 Å². The molecule has 76 valence electrons. The van der Waals surface area contributed by atoms with Crippen molar-refractivity contribution in [1.29, 1.82) is 0 Å². The van der Waals surface area contributed by atoms with Gasteiger partial charge in [-0.3, -0.25) is 0 Å². The van der Waals surface area contributed by atoms with Gasteiger partial charge in [-0.05, 0) is 12.5 Å². The number of aliphatic hydroxyl groups excluding tert-OH is 1. The number of aliphatic hydroxyl groups is 1. The summed E-state index contributed by atoms with van der Waals surface area (Å²) in [5, 5.41) is 9.82. The van der Waals surface area contributed by atoms with Gasteiger partial charge in [0, 0.05) is 13.5 Å². The van der Waals surface area contributed by atoms with Crippen LogP contribution in [-0.2, 0) is 9.47 Å². The zero-order chi connectivity index (χ0) is 9.68. The fourth-order valence-corrected chi connectivity index (χ4v) is 1.52. The zero-order valence-electron chi connectivity index (χ0n) is 8.32. The number of rotatable bonds is 5. The summed E-state index contributed by atoms with van der Waals surface area (Å²) in [6, 6.07) is 0. The smallest absolute Gasteiger partial charge is 0.137 e. The van der Waals surface area contributed by atoms with Crippen LogP contribution in [0.1, 0.15) is 26.2 Å². The van der Waals surface area contributed by atoms with Gasteiger partial charge in [0.1, 0.15) is 11.9 Å². The molecule has 0 aliphatic carbocycles. The summed E-state index contributed by atoms with van der Waals surface area (Å²) in [5.41, 5.74) is 0. The zero-order valence-corrected chi connectivity index (χ0v) is 8.32. The van der Waals surface area contributed by atoms with Crippen molar-refractivity contribution in [2.75, 3.05) is 13.7 Å². The van der Waals surface area contributed by atoms with Crippen molar-refractivity contribution in [1.82, 2.24) is 0 Å². The van der Waals surface area contributed by atoms with E-state index >= 15 is 0 Å². The molecule has 0 bridgehead atoms. The number of ether oxygens (including phenoxy) is 2. The number of methoxy groups -OCH3 is 1. The second-order valence-electron chi connectivity index (χ2n) is 3.25. The molecule has 0 spiro atoms. The van der Waals surface area contributed by atoms with Crippen molar-refractivity contribution in [2.24, 2.45) is 0 Å². The van der Waals surface area contributed by atoms with Gasteiger partial charge < -0.3 is 14.6 Å². The lowest BCUT2D eigenvalue weighted by atomic mass is 10.1. The van der Waals surface area contributed by atoms with E-state index in [9.17, 15) is 5.11 Å². The monoisotopic (exact) mass is 186 g/mol. The van der Waals surface area contributed by atoms with Crippen molar-refractivity contribution in [3.8, 4) is 0 Å². The van der Waals surface area contributed by atoms with Crippen molar-refractivity contribution in [2.45, 2.75) is 38.4 Å². The van der Waals surface area contributed by atoms with Crippen LogP contribution >= 0.6 is 0 Å². The van der Waals surface area contributed by atoms with Gasteiger partial charge in [0.05, 0.1) is 12.7 Å². The minimum Gasteiger partial charge on any atom is -0.495 e. The molecule has 3 nitrogen and oxygen atoms in total. The Kier molecular flexibility index (Phi) is 4.25. The minimum absolute atomic E-state index is 0.130. The van der Waals surface area contributed by atoms with E-state index < -0.39 is 6.10 Å². The molecule has 13 heavy (non-hydrogen) atoms. The average molecular weight is 186 g/mol. The Labute approximate surface area is 79.3 Å². The van der Waals surface area contributed by atoms with E-state index in [1.807, 2.05) is 6.08 Å². The molecule has 0 saturated carbocycles. The molecule has 2 unspecified atom stereocenters. The highest BCUT2D eigenvalue weighted by atomic mass is 16.5. The van der Waals surface area contributed by atoms with Crippen LogP contribution in [-0.4, -0.2) is 31.0 Å². The maximum absolute atomic E-state index is 9.82. The summed E-state index contributed by atoms with van der Waals surface area (Å²) in [6.45, 7) is 2.76. The molecule has 1 aliphatic rings. The molecule has 1 rings (SSSR count). The van der Waals surface area contributed by atoms with Gasteiger partial charge in [-0.2, -0.15) is 0 Å². The largest absolute Gasteiger partial charge is 0.495 e. The quantitative estimate of drug-likeness (QED) is 0.706. The molecule has 0 amide bonds. The summed E-state index contributed by atoms with van der Waals surface area (Å²) >= 11 is 0. The van der Waals surface area contributed by atoms with Gasteiger partial charge >= 0.3 is 0 Å². The molecule has 0 saturated heterocycles. The first kappa shape index (κ1) is 10.5. The Morgan fingerprint density at radius 2 is 2.46 bits per heavy atom. The summed E-state index contributed by atoms with van der Waals surface area (Å²) in [4.78, 5) is 0. The van der Waals surface area contributed by atoms with Crippen LogP contribution < -0.4 is 0 Å². The third-order valence-corrected chi connectivity index (χ3v) is 2.25. The molecule has 1 aliphatic heterocycles. The van der Waals surface area contributed by atoms with Crippen LogP contribution in [0, 0.1) is 0 Å². The Balaban J connectivity index is 2.47. The number of hydrogen-bond donors (Lipinski definition) is 1. The Bertz CT molecular complexity index is 177. The van der Waals surface area contributed by atoms with Gasteiger partial charge in [0.15, 0.2) is 0 Å². The topological polar surface area (TPSA) is 38.7 Å². The third kappa shape index (κ3) is 2.71. The van der Waals surface area contributed by atoms with Crippen LogP contribution in [0.5, 0.6) is 0 Å². The minimum atomic E-state index is -0.590. The van der Waals surface area contributed by atoms with Gasteiger partial charge in [-0.15, -0.1) is 0 Å². The summed E-state index contributed by atoms with van der Waals surface area (Å²) in [7, 11) is 1.62. The fraction of sp³-hybridized carbons (Fsp3) is 0.800. The number of hydrogen-bond acceptors (Lipinski definition) is 3. The van der Waals surface area contributed by atoms with Crippen LogP contribution in [0.2, 0.25) is 0 Å². The Hall–Kier alpha value is -0.540. The fourth-order valence-electron chi connectivity index (χ4n) is 1.52. The average Bonchev–Trinajstić information content (AvgIpc) is 2.65. The predicted molar refractivity (Wildman–Crippen MR) is 50.4 cm³/mol. The van der Waals surface area contributed by atoms with Crippen LogP contribution in [0.4, 0.5) is 0 Å². The highest BCUT2D eigenvalue weighted by Gasteiger charge is 2.24. The van der Waals surface area contributed by atoms with Crippen LogP contribution in [0.3, 0.4) is 0 Å². The van der Waals surface area contributed by atoms with Crippen molar-refractivity contribution < 1.29 is 14.6 Å². The molecule has 0 aromatic heterocycles. The first-order valence-electron chi connectivity index (χ1n) is 4.83. The lowest BCUT2D eigenvalue weighted by molar-refractivity contribution is -0.0221. The summed E-state index contributed by atoms with van der Waals surface area (Å²) in [6.07, 6.45) is 3.98. The highest BCUT2D eigenvalue weighted by molar-refractivity contribution is 5.06. The maximum Gasteiger partial charge on any atom is 0.137 e. The standard InChI is InChI=1S/C10H18O3/c1-3-5-8(12-2)10(11)9-6-4-7-13-9/h6,8,10-11H,3-5,7H2,1-2H3. The van der Waals surface area contributed by atoms with E-state index in [4.69, 9.17) is 9.47 Å². The Morgan fingerprint density at radius 1 is 1.69 bits per heavy atom. The van der Waals surface area contributed by atoms with Crippen molar-refractivity contribution >= 4 is 0 Å². The van der Waals surface area contributed by atoms with Gasteiger partial charge in [0.25, 0.3) is 0 Å². The molecule has 3 heteroatoms. The molecule has 2 atom stereocenters. The lowest BCUT2D eigenvalue weighted by Gasteiger charge is -2.21. The van der Waals surface area contributed by atoms with Crippen molar-refractivity contribution in [3.05, 3.63) is 11.8 Å². The van der Waals surface area contributed by atoms with Gasteiger partial charge in [-0.25, -0.2) is 0 Å². The molecule has 0 aromatic carbocycles. The lowest BCUT2D eigenvalue weighted by Crippen LogP contribution is -2.29. The second kappa shape index (κ2) is 5.25. The Morgan fingerprint density at radius 3 is 2.92 bits per heavy atom. The third-order valence-electron chi connectivity index (χ3n) is 2.25. The second-order valence-corrected chi connectivity index (χ2v) is 3.25. The maximum atomic E-state index is 9.82. The SMILES string of the molecule is CCCC(OC)C(O)C1=CCCO1. The van der Waals surface area contributed by atoms with E-state index in [1.54, 1.807) is 7.11 Å². The first-order valence-corrected chi connectivity index (χ1v) is 4.83. The predicted octanol–water partition coefficient (Wildman–Crippen LogP) is 1.47. The molecule has 0 radical (unpaired) electrons. The van der Waals surface area contributed by atoms with E-state index in [0.717, 1.165) is 19.3 Å². The van der Waals surface area contributed by atoms with E-state index in [1.165, 1.54) is 0 Å². The molecular formula is C10H18O3. The van der Waals surface area contributed by atoms with Crippen molar-refractivity contribution in [3.63, 3.8) is 0 Å². The van der Waals surface area contributed by atoms with E-state index in [0.29, 0.717) is 12.4 Å². The molecular weight excluding hydrogens is 168 g/mol. The molecule has 0 fully saturated rings. The summed E-state index contributed by atoms with van der Waals surface area (Å²) < 4.78 is 10.5. The van der Waals surface area contributed by atoms with Crippen LogP contribution in [0.15, 0.2) is 11.8 Å². The van der Waals surface area contributed by atoms with Gasteiger partial charge in [0.2, 0.25) is 0 Å². The normalized spacial score (nSPS) is 20.7. The summed E-state index contributed by atoms with van der Waals surface area (Å²) in [5.74, 6) is 0.681. The molecule has 0 aromatic rings. The molecule has 1 heterocycles.